The summed E-state index contributed by atoms with van der Waals surface area (Å²) in [6.45, 7) is 2.38. The van der Waals surface area contributed by atoms with Gasteiger partial charge in [0, 0.05) is 0 Å². The molecule has 2 aromatic carbocycles. The number of rotatable bonds is 4. The summed E-state index contributed by atoms with van der Waals surface area (Å²) in [6, 6.07) is 12.8. The molecule has 1 saturated heterocycles. The Hall–Kier alpha value is -2.86. The SMILES string of the molecule is CCOc1ccc(N2C(=O)C(=Nc3ccccc3O)C(Cl)C2=O)cc1. The van der Waals surface area contributed by atoms with Gasteiger partial charge in [0.2, 0.25) is 0 Å². The molecular weight excluding hydrogens is 344 g/mol. The molecule has 0 bridgehead atoms. The van der Waals surface area contributed by atoms with Gasteiger partial charge in [-0.2, -0.15) is 0 Å². The Balaban J connectivity index is 1.94. The number of imide groups is 1. The van der Waals surface area contributed by atoms with Gasteiger partial charge in [-0.1, -0.05) is 12.1 Å². The van der Waals surface area contributed by atoms with Gasteiger partial charge in [0.25, 0.3) is 11.8 Å². The number of carbonyl (C=O) groups excluding carboxylic acids is 2. The molecule has 1 heterocycles. The van der Waals surface area contributed by atoms with E-state index in [-0.39, 0.29) is 17.1 Å². The van der Waals surface area contributed by atoms with Gasteiger partial charge in [-0.3, -0.25) is 9.59 Å². The number of phenols is 1. The van der Waals surface area contributed by atoms with Crippen LogP contribution in [0.4, 0.5) is 11.4 Å². The maximum absolute atomic E-state index is 12.6. The van der Waals surface area contributed by atoms with E-state index in [2.05, 4.69) is 4.99 Å². The molecule has 6 nitrogen and oxygen atoms in total. The van der Waals surface area contributed by atoms with E-state index in [1.165, 1.54) is 12.1 Å². The molecule has 0 radical (unpaired) electrons. The summed E-state index contributed by atoms with van der Waals surface area (Å²) in [5.41, 5.74) is 0.437. The molecule has 7 heteroatoms. The van der Waals surface area contributed by atoms with E-state index in [4.69, 9.17) is 16.3 Å². The predicted octanol–water partition coefficient (Wildman–Crippen LogP) is 3.04. The van der Waals surface area contributed by atoms with Crippen LogP contribution >= 0.6 is 11.6 Å². The van der Waals surface area contributed by atoms with Crippen LogP contribution in [0.15, 0.2) is 53.5 Å². The van der Waals surface area contributed by atoms with Gasteiger partial charge in [-0.05, 0) is 43.3 Å². The van der Waals surface area contributed by atoms with E-state index in [0.717, 1.165) is 4.90 Å². The number of nitrogens with zero attached hydrogens (tertiary/aromatic N) is 2. The van der Waals surface area contributed by atoms with Gasteiger partial charge in [0.05, 0.1) is 12.3 Å². The van der Waals surface area contributed by atoms with Crippen molar-refractivity contribution in [2.24, 2.45) is 4.99 Å². The van der Waals surface area contributed by atoms with Crippen molar-refractivity contribution < 1.29 is 19.4 Å². The lowest BCUT2D eigenvalue weighted by molar-refractivity contribution is -0.120. The number of halogens is 1. The molecule has 0 aromatic heterocycles. The van der Waals surface area contributed by atoms with Crippen LogP contribution in [-0.2, 0) is 9.59 Å². The minimum atomic E-state index is -1.21. The Morgan fingerprint density at radius 1 is 1.16 bits per heavy atom. The highest BCUT2D eigenvalue weighted by molar-refractivity contribution is 6.68. The first kappa shape index (κ1) is 17.0. The molecule has 2 amide bonds. The molecule has 1 aliphatic rings. The smallest absolute Gasteiger partial charge is 0.281 e. The number of hydrogen-bond acceptors (Lipinski definition) is 5. The van der Waals surface area contributed by atoms with Crippen molar-refractivity contribution in [1.82, 2.24) is 0 Å². The fourth-order valence-electron chi connectivity index (χ4n) is 2.45. The first-order valence-electron chi connectivity index (χ1n) is 7.64. The molecule has 1 fully saturated rings. The molecule has 25 heavy (non-hydrogen) atoms. The molecule has 2 aromatic rings. The largest absolute Gasteiger partial charge is 0.506 e. The molecule has 0 aliphatic carbocycles. The zero-order chi connectivity index (χ0) is 18.0. The quantitative estimate of drug-likeness (QED) is 0.673. The minimum Gasteiger partial charge on any atom is -0.506 e. The van der Waals surface area contributed by atoms with Crippen LogP contribution in [0.2, 0.25) is 0 Å². The number of alkyl halides is 1. The van der Waals surface area contributed by atoms with E-state index in [9.17, 15) is 14.7 Å². The second-order valence-corrected chi connectivity index (χ2v) is 5.69. The van der Waals surface area contributed by atoms with Crippen LogP contribution in [-0.4, -0.2) is 34.6 Å². The van der Waals surface area contributed by atoms with Crippen molar-refractivity contribution in [2.75, 3.05) is 11.5 Å². The monoisotopic (exact) mass is 358 g/mol. The topological polar surface area (TPSA) is 79.2 Å². The number of anilines is 1. The highest BCUT2D eigenvalue weighted by Gasteiger charge is 2.44. The summed E-state index contributed by atoms with van der Waals surface area (Å²) < 4.78 is 5.35. The molecule has 3 rings (SSSR count). The lowest BCUT2D eigenvalue weighted by atomic mass is 10.2. The summed E-state index contributed by atoms with van der Waals surface area (Å²) in [5, 5.41) is 8.59. The van der Waals surface area contributed by atoms with Crippen LogP contribution in [0.25, 0.3) is 0 Å². The lowest BCUT2D eigenvalue weighted by Gasteiger charge is -2.13. The van der Waals surface area contributed by atoms with E-state index in [1.54, 1.807) is 36.4 Å². The average Bonchev–Trinajstić information content (AvgIpc) is 2.81. The van der Waals surface area contributed by atoms with Crippen molar-refractivity contribution in [3.05, 3.63) is 48.5 Å². The zero-order valence-corrected chi connectivity index (χ0v) is 14.1. The Bertz CT molecular complexity index is 848. The molecule has 1 atom stereocenters. The first-order chi connectivity index (χ1) is 12.0. The number of aromatic hydroxyl groups is 1. The fourth-order valence-corrected chi connectivity index (χ4v) is 2.69. The summed E-state index contributed by atoms with van der Waals surface area (Å²) >= 11 is 6.10. The second kappa shape index (κ2) is 6.94. The highest BCUT2D eigenvalue weighted by atomic mass is 35.5. The Morgan fingerprint density at radius 3 is 2.48 bits per heavy atom. The van der Waals surface area contributed by atoms with Crippen molar-refractivity contribution in [1.29, 1.82) is 0 Å². The first-order valence-corrected chi connectivity index (χ1v) is 8.08. The molecule has 0 saturated carbocycles. The van der Waals surface area contributed by atoms with Crippen LogP contribution in [0.1, 0.15) is 6.92 Å². The second-order valence-electron chi connectivity index (χ2n) is 5.25. The number of ether oxygens (including phenoxy) is 1. The third-order valence-corrected chi connectivity index (χ3v) is 4.02. The average molecular weight is 359 g/mol. The normalized spacial score (nSPS) is 18.9. The number of benzene rings is 2. The Morgan fingerprint density at radius 2 is 1.84 bits per heavy atom. The summed E-state index contributed by atoms with van der Waals surface area (Å²) in [5.74, 6) is -0.656. The van der Waals surface area contributed by atoms with Crippen LogP contribution in [0, 0.1) is 0 Å². The fraction of sp³-hybridized carbons (Fsp3) is 0.167. The van der Waals surface area contributed by atoms with E-state index < -0.39 is 17.2 Å². The highest BCUT2D eigenvalue weighted by Crippen LogP contribution is 2.30. The number of phenolic OH excluding ortho intramolecular Hbond substituents is 1. The third-order valence-electron chi connectivity index (χ3n) is 3.63. The number of aliphatic imine (C=N–C) groups is 1. The van der Waals surface area contributed by atoms with Gasteiger partial charge in [0.15, 0.2) is 5.38 Å². The maximum Gasteiger partial charge on any atom is 0.281 e. The van der Waals surface area contributed by atoms with Crippen molar-refractivity contribution in [2.45, 2.75) is 12.3 Å². The Kier molecular flexibility index (Phi) is 4.72. The van der Waals surface area contributed by atoms with E-state index in [0.29, 0.717) is 18.0 Å². The molecule has 1 unspecified atom stereocenters. The summed E-state index contributed by atoms with van der Waals surface area (Å²) in [7, 11) is 0. The molecule has 0 spiro atoms. The van der Waals surface area contributed by atoms with Gasteiger partial charge in [-0.25, -0.2) is 9.89 Å². The maximum atomic E-state index is 12.6. The standard InChI is InChI=1S/C18H15ClN2O4/c1-2-25-12-9-7-11(8-10-12)21-17(23)15(19)16(18(21)24)20-13-5-3-4-6-14(13)22/h3-10,15,22H,2H2,1H3. The molecular formula is C18H15ClN2O4. The molecule has 1 aliphatic heterocycles. The van der Waals surface area contributed by atoms with Gasteiger partial charge in [-0.15, -0.1) is 11.6 Å². The predicted molar refractivity (Wildman–Crippen MR) is 94.9 cm³/mol. The molecule has 1 N–H and O–H groups in total. The minimum absolute atomic E-state index is 0.0985. The van der Waals surface area contributed by atoms with Crippen LogP contribution < -0.4 is 9.64 Å². The van der Waals surface area contributed by atoms with Crippen molar-refractivity contribution in [3.63, 3.8) is 0 Å². The molecule has 128 valence electrons. The van der Waals surface area contributed by atoms with Gasteiger partial charge >= 0.3 is 0 Å². The summed E-state index contributed by atoms with van der Waals surface area (Å²) in [4.78, 5) is 30.1. The van der Waals surface area contributed by atoms with Crippen molar-refractivity contribution >= 4 is 40.5 Å². The Labute approximate surface area is 149 Å². The number of amides is 2. The van der Waals surface area contributed by atoms with Crippen LogP contribution in [0.5, 0.6) is 11.5 Å². The number of carbonyl (C=O) groups is 2. The summed E-state index contributed by atoms with van der Waals surface area (Å²) in [6.07, 6.45) is 0. The zero-order valence-electron chi connectivity index (χ0n) is 13.3. The third kappa shape index (κ3) is 3.21. The van der Waals surface area contributed by atoms with Crippen LogP contribution in [0.3, 0.4) is 0 Å². The van der Waals surface area contributed by atoms with Gasteiger partial charge < -0.3 is 9.84 Å². The number of hydrogen-bond donors (Lipinski definition) is 1. The van der Waals surface area contributed by atoms with E-state index >= 15 is 0 Å². The lowest BCUT2D eigenvalue weighted by Crippen LogP contribution is -2.31. The number of para-hydroxylation sites is 2. The van der Waals surface area contributed by atoms with E-state index in [1.807, 2.05) is 6.92 Å². The van der Waals surface area contributed by atoms with Gasteiger partial charge in [0.1, 0.15) is 22.9 Å². The van der Waals surface area contributed by atoms with Crippen molar-refractivity contribution in [3.8, 4) is 11.5 Å².